The number of benzene rings is 1. The SMILES string of the molecule is Cn1cc(C(O)CC2CCCN2Cc2csc(-c3ccc(C#N)cc3)n2)cn1. The third-order valence-corrected chi connectivity index (χ3v) is 6.22. The second-order valence-corrected chi connectivity index (χ2v) is 8.16. The molecule has 0 aliphatic carbocycles. The van der Waals surface area contributed by atoms with E-state index in [1.807, 2.05) is 37.5 Å². The summed E-state index contributed by atoms with van der Waals surface area (Å²) in [6, 6.07) is 10.0. The molecule has 0 saturated carbocycles. The summed E-state index contributed by atoms with van der Waals surface area (Å²) in [6.07, 6.45) is 6.12. The summed E-state index contributed by atoms with van der Waals surface area (Å²) in [4.78, 5) is 7.22. The Morgan fingerprint density at radius 3 is 2.89 bits per heavy atom. The van der Waals surface area contributed by atoms with Gasteiger partial charge < -0.3 is 5.11 Å². The van der Waals surface area contributed by atoms with Crippen LogP contribution in [0.15, 0.2) is 42.0 Å². The lowest BCUT2D eigenvalue weighted by atomic mass is 10.0. The molecule has 7 heteroatoms. The molecule has 4 rings (SSSR count). The van der Waals surface area contributed by atoms with E-state index in [1.165, 1.54) is 0 Å². The number of nitrogens with zero attached hydrogens (tertiary/aromatic N) is 5. The highest BCUT2D eigenvalue weighted by atomic mass is 32.1. The molecule has 1 aromatic carbocycles. The molecule has 3 heterocycles. The van der Waals surface area contributed by atoms with E-state index in [0.717, 1.165) is 54.2 Å². The average molecular weight is 394 g/mol. The van der Waals surface area contributed by atoms with Crippen LogP contribution in [0.3, 0.4) is 0 Å². The number of likely N-dealkylation sites (tertiary alicyclic amines) is 1. The van der Waals surface area contributed by atoms with Crippen LogP contribution < -0.4 is 0 Å². The Bertz CT molecular complexity index is 971. The second-order valence-electron chi connectivity index (χ2n) is 7.30. The highest BCUT2D eigenvalue weighted by molar-refractivity contribution is 7.13. The second kappa shape index (κ2) is 8.23. The maximum absolute atomic E-state index is 10.6. The third kappa shape index (κ3) is 4.14. The maximum Gasteiger partial charge on any atom is 0.123 e. The van der Waals surface area contributed by atoms with Gasteiger partial charge >= 0.3 is 0 Å². The fourth-order valence-electron chi connectivity index (χ4n) is 3.78. The smallest absolute Gasteiger partial charge is 0.123 e. The molecule has 2 atom stereocenters. The molecule has 28 heavy (non-hydrogen) atoms. The number of aromatic nitrogens is 3. The predicted molar refractivity (Wildman–Crippen MR) is 108 cm³/mol. The standard InChI is InChI=1S/C21H23N5OS/c1-25-12-17(11-23-25)20(27)9-19-3-2-8-26(19)13-18-14-28-21(24-18)16-6-4-15(10-22)5-7-16/h4-7,11-12,14,19-20,27H,2-3,8-9,13H2,1H3. The Labute approximate surface area is 168 Å². The van der Waals surface area contributed by atoms with Crippen LogP contribution in [0.2, 0.25) is 0 Å². The molecule has 0 radical (unpaired) electrons. The fraction of sp³-hybridized carbons (Fsp3) is 0.381. The van der Waals surface area contributed by atoms with Gasteiger partial charge in [0.1, 0.15) is 5.01 Å². The van der Waals surface area contributed by atoms with Crippen molar-refractivity contribution in [2.45, 2.75) is 38.0 Å². The van der Waals surface area contributed by atoms with Gasteiger partial charge in [0.15, 0.2) is 0 Å². The summed E-state index contributed by atoms with van der Waals surface area (Å²) in [7, 11) is 1.87. The molecular weight excluding hydrogens is 370 g/mol. The van der Waals surface area contributed by atoms with Crippen LogP contribution in [0.1, 0.15) is 42.2 Å². The van der Waals surface area contributed by atoms with Crippen LogP contribution in [0, 0.1) is 11.3 Å². The summed E-state index contributed by atoms with van der Waals surface area (Å²) >= 11 is 1.63. The van der Waals surface area contributed by atoms with Crippen molar-refractivity contribution in [2.75, 3.05) is 6.54 Å². The highest BCUT2D eigenvalue weighted by Gasteiger charge is 2.28. The Balaban J connectivity index is 1.40. The first kappa shape index (κ1) is 18.8. The number of nitriles is 1. The molecule has 1 saturated heterocycles. The molecule has 6 nitrogen and oxygen atoms in total. The molecule has 1 aliphatic rings. The molecule has 1 N–H and O–H groups in total. The molecule has 2 unspecified atom stereocenters. The molecule has 144 valence electrons. The molecular formula is C21H23N5OS. The van der Waals surface area contributed by atoms with Crippen molar-refractivity contribution in [3.63, 3.8) is 0 Å². The van der Waals surface area contributed by atoms with E-state index in [9.17, 15) is 5.11 Å². The minimum Gasteiger partial charge on any atom is -0.388 e. The normalized spacial score (nSPS) is 18.2. The fourth-order valence-corrected chi connectivity index (χ4v) is 4.60. The number of hydrogen-bond donors (Lipinski definition) is 1. The topological polar surface area (TPSA) is 78.0 Å². The number of thiazole rings is 1. The van der Waals surface area contributed by atoms with E-state index in [4.69, 9.17) is 10.2 Å². The van der Waals surface area contributed by atoms with Crippen molar-refractivity contribution >= 4 is 11.3 Å². The van der Waals surface area contributed by atoms with Crippen molar-refractivity contribution in [2.24, 2.45) is 7.05 Å². The van der Waals surface area contributed by atoms with Crippen molar-refractivity contribution in [3.8, 4) is 16.6 Å². The van der Waals surface area contributed by atoms with Crippen molar-refractivity contribution in [3.05, 3.63) is 58.9 Å². The van der Waals surface area contributed by atoms with Gasteiger partial charge in [0.05, 0.1) is 29.6 Å². The monoisotopic (exact) mass is 393 g/mol. The lowest BCUT2D eigenvalue weighted by molar-refractivity contribution is 0.117. The van der Waals surface area contributed by atoms with Gasteiger partial charge in [-0.1, -0.05) is 12.1 Å². The van der Waals surface area contributed by atoms with E-state index in [2.05, 4.69) is 21.4 Å². The van der Waals surface area contributed by atoms with Gasteiger partial charge in [-0.25, -0.2) is 4.98 Å². The highest BCUT2D eigenvalue weighted by Crippen LogP contribution is 2.30. The number of rotatable bonds is 6. The largest absolute Gasteiger partial charge is 0.388 e. The lowest BCUT2D eigenvalue weighted by Crippen LogP contribution is -2.30. The zero-order chi connectivity index (χ0) is 19.5. The minimum absolute atomic E-state index is 0.357. The lowest BCUT2D eigenvalue weighted by Gasteiger charge is -2.25. The van der Waals surface area contributed by atoms with E-state index < -0.39 is 6.10 Å². The van der Waals surface area contributed by atoms with E-state index >= 15 is 0 Å². The van der Waals surface area contributed by atoms with Crippen LogP contribution in [0.25, 0.3) is 10.6 Å². The minimum atomic E-state index is -0.482. The van der Waals surface area contributed by atoms with Crippen molar-refractivity contribution in [1.82, 2.24) is 19.7 Å². The first-order valence-electron chi connectivity index (χ1n) is 9.48. The Morgan fingerprint density at radius 1 is 1.36 bits per heavy atom. The van der Waals surface area contributed by atoms with Gasteiger partial charge in [-0.15, -0.1) is 11.3 Å². The van der Waals surface area contributed by atoms with E-state index in [-0.39, 0.29) is 0 Å². The summed E-state index contributed by atoms with van der Waals surface area (Å²) in [5.41, 5.74) is 3.64. The summed E-state index contributed by atoms with van der Waals surface area (Å²) in [5.74, 6) is 0. The van der Waals surface area contributed by atoms with Crippen LogP contribution in [0.5, 0.6) is 0 Å². The first-order chi connectivity index (χ1) is 13.6. The van der Waals surface area contributed by atoms with Gasteiger partial charge in [0.25, 0.3) is 0 Å². The Morgan fingerprint density at radius 2 is 2.18 bits per heavy atom. The van der Waals surface area contributed by atoms with Crippen molar-refractivity contribution < 1.29 is 5.11 Å². The zero-order valence-electron chi connectivity index (χ0n) is 15.8. The molecule has 1 aliphatic heterocycles. The summed E-state index contributed by atoms with van der Waals surface area (Å²) in [5, 5.41) is 26.7. The van der Waals surface area contributed by atoms with Gasteiger partial charge in [0.2, 0.25) is 0 Å². The maximum atomic E-state index is 10.6. The number of aryl methyl sites for hydroxylation is 1. The zero-order valence-corrected chi connectivity index (χ0v) is 16.6. The molecule has 0 spiro atoms. The van der Waals surface area contributed by atoms with Crippen LogP contribution in [0.4, 0.5) is 0 Å². The number of hydrogen-bond acceptors (Lipinski definition) is 6. The van der Waals surface area contributed by atoms with Gasteiger partial charge in [-0.3, -0.25) is 9.58 Å². The van der Waals surface area contributed by atoms with E-state index in [0.29, 0.717) is 11.6 Å². The summed E-state index contributed by atoms with van der Waals surface area (Å²) in [6.45, 7) is 1.84. The average Bonchev–Trinajstić information content (AvgIpc) is 3.44. The van der Waals surface area contributed by atoms with Crippen molar-refractivity contribution in [1.29, 1.82) is 5.26 Å². The molecule has 2 aromatic heterocycles. The van der Waals surface area contributed by atoms with Crippen LogP contribution >= 0.6 is 11.3 Å². The van der Waals surface area contributed by atoms with Gasteiger partial charge in [0, 0.05) is 42.3 Å². The number of aliphatic hydroxyl groups excluding tert-OH is 1. The predicted octanol–water partition coefficient (Wildman–Crippen LogP) is 3.50. The number of aliphatic hydroxyl groups is 1. The Kier molecular flexibility index (Phi) is 5.53. The summed E-state index contributed by atoms with van der Waals surface area (Å²) < 4.78 is 1.73. The quantitative estimate of drug-likeness (QED) is 0.693. The van der Waals surface area contributed by atoms with E-state index in [1.54, 1.807) is 22.2 Å². The first-order valence-corrected chi connectivity index (χ1v) is 10.4. The third-order valence-electron chi connectivity index (χ3n) is 5.28. The van der Waals surface area contributed by atoms with Gasteiger partial charge in [-0.05, 0) is 37.9 Å². The van der Waals surface area contributed by atoms with Crippen LogP contribution in [-0.4, -0.2) is 37.4 Å². The Hall–Kier alpha value is -2.53. The molecule has 3 aromatic rings. The van der Waals surface area contributed by atoms with Gasteiger partial charge in [-0.2, -0.15) is 10.4 Å². The molecule has 1 fully saturated rings. The van der Waals surface area contributed by atoms with Crippen LogP contribution in [-0.2, 0) is 13.6 Å². The molecule has 0 amide bonds. The molecule has 0 bridgehead atoms.